The van der Waals surface area contributed by atoms with E-state index in [-0.39, 0.29) is 4.90 Å². The number of ether oxygens (including phenoxy) is 2. The van der Waals surface area contributed by atoms with Crippen molar-refractivity contribution in [1.29, 1.82) is 5.26 Å². The van der Waals surface area contributed by atoms with Gasteiger partial charge in [0.15, 0.2) is 12.7 Å². The number of hydrogen-bond donors (Lipinski definition) is 2. The van der Waals surface area contributed by atoms with Gasteiger partial charge in [0.05, 0.1) is 16.5 Å². The van der Waals surface area contributed by atoms with E-state index >= 15 is 0 Å². The third-order valence-electron chi connectivity index (χ3n) is 3.47. The predicted molar refractivity (Wildman–Crippen MR) is 98.7 cm³/mol. The number of esters is 1. The summed E-state index contributed by atoms with van der Waals surface area (Å²) in [5.41, 5.74) is 0.770. The molecule has 0 spiro atoms. The predicted octanol–water partition coefficient (Wildman–Crippen LogP) is 1.15. The molecular weight excluding hydrogens is 386 g/mol. The molecule has 9 nitrogen and oxygen atoms in total. The van der Waals surface area contributed by atoms with Crippen LogP contribution >= 0.6 is 0 Å². The molecule has 1 atom stereocenters. The number of carbonyl (C=O) groups is 2. The SMILES string of the molecule is C[C@@H](OC(=O)COc1ccc(C#N)cc1)C(=O)Nc1ccc(S(N)(=O)=O)cc1. The molecule has 2 rings (SSSR count). The fraction of sp³-hybridized carbons (Fsp3) is 0.167. The molecule has 0 saturated carbocycles. The van der Waals surface area contributed by atoms with Crippen LogP contribution in [0.5, 0.6) is 5.75 Å². The van der Waals surface area contributed by atoms with Crippen LogP contribution in [0.4, 0.5) is 5.69 Å². The molecule has 0 fully saturated rings. The summed E-state index contributed by atoms with van der Waals surface area (Å²) in [6, 6.07) is 13.3. The van der Waals surface area contributed by atoms with Gasteiger partial charge in [-0.2, -0.15) is 5.26 Å². The van der Waals surface area contributed by atoms with Crippen LogP contribution in [0, 0.1) is 11.3 Å². The minimum absolute atomic E-state index is 0.0927. The van der Waals surface area contributed by atoms with E-state index in [1.165, 1.54) is 55.5 Å². The molecule has 0 bridgehead atoms. The summed E-state index contributed by atoms with van der Waals surface area (Å²) in [5, 5.41) is 16.2. The van der Waals surface area contributed by atoms with E-state index in [1.807, 2.05) is 6.07 Å². The summed E-state index contributed by atoms with van der Waals surface area (Å²) < 4.78 is 32.6. The number of nitriles is 1. The lowest BCUT2D eigenvalue weighted by Gasteiger charge is -2.14. The van der Waals surface area contributed by atoms with Gasteiger partial charge in [-0.1, -0.05) is 0 Å². The van der Waals surface area contributed by atoms with E-state index in [9.17, 15) is 18.0 Å². The zero-order valence-corrected chi connectivity index (χ0v) is 15.6. The van der Waals surface area contributed by atoms with Crippen LogP contribution in [0.1, 0.15) is 12.5 Å². The normalized spacial score (nSPS) is 11.8. The van der Waals surface area contributed by atoms with Gasteiger partial charge in [-0.25, -0.2) is 18.4 Å². The van der Waals surface area contributed by atoms with Crippen molar-refractivity contribution >= 4 is 27.6 Å². The maximum absolute atomic E-state index is 12.1. The lowest BCUT2D eigenvalue weighted by Crippen LogP contribution is -2.31. The van der Waals surface area contributed by atoms with Gasteiger partial charge in [0.2, 0.25) is 10.0 Å². The van der Waals surface area contributed by atoms with Crippen molar-refractivity contribution in [1.82, 2.24) is 0 Å². The highest BCUT2D eigenvalue weighted by Crippen LogP contribution is 2.14. The van der Waals surface area contributed by atoms with E-state index in [4.69, 9.17) is 19.9 Å². The Bertz CT molecular complexity index is 995. The number of sulfonamides is 1. The second-order valence-corrected chi connectivity index (χ2v) is 7.18. The minimum atomic E-state index is -3.83. The lowest BCUT2D eigenvalue weighted by molar-refractivity contribution is -0.155. The first kappa shape index (κ1) is 20.9. The molecule has 0 aromatic heterocycles. The largest absolute Gasteiger partial charge is 0.482 e. The number of rotatable bonds is 7. The van der Waals surface area contributed by atoms with Gasteiger partial charge in [-0.15, -0.1) is 0 Å². The Morgan fingerprint density at radius 1 is 1.14 bits per heavy atom. The zero-order valence-electron chi connectivity index (χ0n) is 14.8. The number of amides is 1. The zero-order chi connectivity index (χ0) is 20.7. The molecule has 0 radical (unpaired) electrons. The van der Waals surface area contributed by atoms with Crippen molar-refractivity contribution in [2.24, 2.45) is 5.14 Å². The molecule has 0 aliphatic carbocycles. The maximum atomic E-state index is 12.1. The van der Waals surface area contributed by atoms with Crippen molar-refractivity contribution in [2.75, 3.05) is 11.9 Å². The highest BCUT2D eigenvalue weighted by atomic mass is 32.2. The van der Waals surface area contributed by atoms with Crippen molar-refractivity contribution in [2.45, 2.75) is 17.9 Å². The quantitative estimate of drug-likeness (QED) is 0.659. The molecule has 28 heavy (non-hydrogen) atoms. The Hall–Kier alpha value is -3.42. The van der Waals surface area contributed by atoms with Gasteiger partial charge in [0.1, 0.15) is 5.75 Å². The average Bonchev–Trinajstić information content (AvgIpc) is 2.66. The molecular formula is C18H17N3O6S. The van der Waals surface area contributed by atoms with E-state index in [1.54, 1.807) is 0 Å². The van der Waals surface area contributed by atoms with Crippen LogP contribution in [0.25, 0.3) is 0 Å². The standard InChI is InChI=1S/C18H17N3O6S/c1-12(18(23)21-14-4-8-16(9-5-14)28(20,24)25)27-17(22)11-26-15-6-2-13(10-19)3-7-15/h2-9,12H,11H2,1H3,(H,21,23)(H2,20,24,25)/t12-/m1/s1. The first-order valence-electron chi connectivity index (χ1n) is 7.95. The van der Waals surface area contributed by atoms with E-state index in [0.717, 1.165) is 0 Å². The van der Waals surface area contributed by atoms with Crippen LogP contribution in [0.2, 0.25) is 0 Å². The topological polar surface area (TPSA) is 149 Å². The van der Waals surface area contributed by atoms with Gasteiger partial charge in [0, 0.05) is 5.69 Å². The van der Waals surface area contributed by atoms with Gasteiger partial charge in [0.25, 0.3) is 5.91 Å². The second-order valence-electron chi connectivity index (χ2n) is 5.62. The van der Waals surface area contributed by atoms with Gasteiger partial charge >= 0.3 is 5.97 Å². The summed E-state index contributed by atoms with van der Waals surface area (Å²) in [5.74, 6) is -0.977. The monoisotopic (exact) mass is 403 g/mol. The number of anilines is 1. The number of nitrogens with zero attached hydrogens (tertiary/aromatic N) is 1. The summed E-state index contributed by atoms with van der Waals surface area (Å²) in [6.07, 6.45) is -1.10. The van der Waals surface area contributed by atoms with Crippen molar-refractivity contribution in [3.63, 3.8) is 0 Å². The summed E-state index contributed by atoms with van der Waals surface area (Å²) in [6.45, 7) is 0.972. The van der Waals surface area contributed by atoms with Crippen LogP contribution in [0.3, 0.4) is 0 Å². The van der Waals surface area contributed by atoms with Crippen molar-refractivity contribution in [3.8, 4) is 11.8 Å². The highest BCUT2D eigenvalue weighted by Gasteiger charge is 2.18. The number of nitrogens with one attached hydrogen (secondary N) is 1. The van der Waals surface area contributed by atoms with Crippen LogP contribution in [-0.2, 0) is 24.3 Å². The average molecular weight is 403 g/mol. The maximum Gasteiger partial charge on any atom is 0.344 e. The summed E-state index contributed by atoms with van der Waals surface area (Å²) in [7, 11) is -3.83. The number of carbonyl (C=O) groups excluding carboxylic acids is 2. The van der Waals surface area contributed by atoms with Gasteiger partial charge in [-0.05, 0) is 55.5 Å². The van der Waals surface area contributed by atoms with Crippen LogP contribution in [-0.4, -0.2) is 33.0 Å². The second kappa shape index (κ2) is 8.98. The Balaban J connectivity index is 1.83. The minimum Gasteiger partial charge on any atom is -0.482 e. The van der Waals surface area contributed by atoms with Crippen molar-refractivity contribution in [3.05, 3.63) is 54.1 Å². The Morgan fingerprint density at radius 2 is 1.75 bits per heavy atom. The molecule has 3 N–H and O–H groups in total. The number of benzene rings is 2. The Morgan fingerprint density at radius 3 is 2.29 bits per heavy atom. The molecule has 146 valence electrons. The third kappa shape index (κ3) is 6.08. The Labute approximate surface area is 161 Å². The number of nitrogens with two attached hydrogens (primary N) is 1. The molecule has 0 unspecified atom stereocenters. The van der Waals surface area contributed by atoms with E-state index in [2.05, 4.69) is 5.32 Å². The molecule has 0 aliphatic heterocycles. The fourth-order valence-electron chi connectivity index (χ4n) is 2.02. The number of primary sulfonamides is 1. The molecule has 0 saturated heterocycles. The van der Waals surface area contributed by atoms with E-state index in [0.29, 0.717) is 17.0 Å². The molecule has 2 aromatic carbocycles. The molecule has 10 heteroatoms. The Kier molecular flexibility index (Phi) is 6.70. The fourth-order valence-corrected chi connectivity index (χ4v) is 2.54. The van der Waals surface area contributed by atoms with Crippen LogP contribution in [0.15, 0.2) is 53.4 Å². The van der Waals surface area contributed by atoms with Crippen LogP contribution < -0.4 is 15.2 Å². The smallest absolute Gasteiger partial charge is 0.344 e. The van der Waals surface area contributed by atoms with Crippen molar-refractivity contribution < 1.29 is 27.5 Å². The highest BCUT2D eigenvalue weighted by molar-refractivity contribution is 7.89. The van der Waals surface area contributed by atoms with Gasteiger partial charge in [-0.3, -0.25) is 4.79 Å². The summed E-state index contributed by atoms with van der Waals surface area (Å²) >= 11 is 0. The summed E-state index contributed by atoms with van der Waals surface area (Å²) in [4.78, 5) is 23.8. The molecule has 1 amide bonds. The lowest BCUT2D eigenvalue weighted by atomic mass is 10.2. The molecule has 0 heterocycles. The third-order valence-corrected chi connectivity index (χ3v) is 4.40. The molecule has 2 aromatic rings. The van der Waals surface area contributed by atoms with Gasteiger partial charge < -0.3 is 14.8 Å². The first-order valence-corrected chi connectivity index (χ1v) is 9.50. The molecule has 0 aliphatic rings. The number of hydrogen-bond acceptors (Lipinski definition) is 7. The van der Waals surface area contributed by atoms with E-state index < -0.39 is 34.6 Å². The first-order chi connectivity index (χ1) is 13.2.